The molecule has 0 spiro atoms. The average Bonchev–Trinajstić information content (AvgIpc) is 2.75. The molecule has 2 rings (SSSR count). The topological polar surface area (TPSA) is 37.8 Å². The van der Waals surface area contributed by atoms with Crippen molar-refractivity contribution in [2.24, 2.45) is 0 Å². The number of likely N-dealkylation sites (N-methyl/N-ethyl adjacent to an activating group) is 1. The van der Waals surface area contributed by atoms with Crippen LogP contribution in [0.1, 0.15) is 23.4 Å². The minimum atomic E-state index is 0.246. The molecule has 0 fully saturated rings. The maximum Gasteiger partial charge on any atom is 0.115 e. The minimum absolute atomic E-state index is 0.246. The summed E-state index contributed by atoms with van der Waals surface area (Å²) in [6.07, 6.45) is 6.18. The van der Waals surface area contributed by atoms with Crippen molar-refractivity contribution in [2.75, 3.05) is 6.54 Å². The van der Waals surface area contributed by atoms with E-state index in [4.69, 9.17) is 11.6 Å². The normalized spacial score (nSPS) is 12.6. The van der Waals surface area contributed by atoms with Crippen molar-refractivity contribution in [2.45, 2.75) is 19.4 Å². The van der Waals surface area contributed by atoms with Crippen molar-refractivity contribution in [3.8, 4) is 0 Å². The molecular weight excluding hydrogens is 254 g/mol. The first-order chi connectivity index (χ1) is 8.29. The first-order valence-electron chi connectivity index (χ1n) is 5.52. The molecule has 0 aromatic carbocycles. The molecule has 0 radical (unpaired) electrons. The van der Waals surface area contributed by atoms with Crippen LogP contribution in [0.5, 0.6) is 0 Å². The molecule has 2 heterocycles. The third-order valence-corrected chi connectivity index (χ3v) is 3.72. The highest BCUT2D eigenvalue weighted by Gasteiger charge is 2.12. The number of hydrogen-bond acceptors (Lipinski definition) is 4. The van der Waals surface area contributed by atoms with Crippen molar-refractivity contribution in [1.82, 2.24) is 15.3 Å². The Morgan fingerprint density at radius 2 is 2.12 bits per heavy atom. The summed E-state index contributed by atoms with van der Waals surface area (Å²) < 4.78 is 0.833. The monoisotopic (exact) mass is 267 g/mol. The molecule has 0 saturated carbocycles. The molecule has 3 nitrogen and oxygen atoms in total. The molecule has 17 heavy (non-hydrogen) atoms. The zero-order valence-electron chi connectivity index (χ0n) is 9.56. The van der Waals surface area contributed by atoms with Gasteiger partial charge in [0, 0.05) is 35.3 Å². The van der Waals surface area contributed by atoms with Crippen LogP contribution in [0.2, 0.25) is 4.34 Å². The largest absolute Gasteiger partial charge is 0.310 e. The van der Waals surface area contributed by atoms with E-state index in [0.717, 1.165) is 22.9 Å². The van der Waals surface area contributed by atoms with Gasteiger partial charge in [0.05, 0.1) is 4.34 Å². The predicted octanol–water partition coefficient (Wildman–Crippen LogP) is 3.08. The van der Waals surface area contributed by atoms with E-state index in [1.54, 1.807) is 17.7 Å². The van der Waals surface area contributed by atoms with Crippen LogP contribution in [-0.4, -0.2) is 16.5 Å². The molecule has 1 unspecified atom stereocenters. The molecule has 1 atom stereocenters. The van der Waals surface area contributed by atoms with E-state index in [9.17, 15) is 0 Å². The number of rotatable bonds is 5. The Kier molecular flexibility index (Phi) is 4.48. The number of aromatic nitrogens is 2. The third kappa shape index (κ3) is 3.49. The molecule has 1 N–H and O–H groups in total. The summed E-state index contributed by atoms with van der Waals surface area (Å²) >= 11 is 7.56. The number of nitrogens with one attached hydrogen (secondary N) is 1. The Morgan fingerprint density at radius 1 is 1.35 bits per heavy atom. The summed E-state index contributed by atoms with van der Waals surface area (Å²) in [6.45, 7) is 3.01. The van der Waals surface area contributed by atoms with Gasteiger partial charge in [-0.25, -0.2) is 9.97 Å². The molecular formula is C12H14ClN3S. The van der Waals surface area contributed by atoms with Crippen molar-refractivity contribution < 1.29 is 0 Å². The molecule has 90 valence electrons. The lowest BCUT2D eigenvalue weighted by Crippen LogP contribution is -2.22. The van der Waals surface area contributed by atoms with E-state index in [1.807, 2.05) is 18.5 Å². The number of halogens is 1. The fourth-order valence-corrected chi connectivity index (χ4v) is 2.84. The highest BCUT2D eigenvalue weighted by atomic mass is 35.5. The lowest BCUT2D eigenvalue weighted by atomic mass is 10.1. The highest BCUT2D eigenvalue weighted by Crippen LogP contribution is 2.26. The quantitative estimate of drug-likeness (QED) is 0.905. The molecule has 5 heteroatoms. The summed E-state index contributed by atoms with van der Waals surface area (Å²) in [6, 6.07) is 4.25. The fourth-order valence-electron chi connectivity index (χ4n) is 1.71. The SMILES string of the molecule is CCNC(Cc1ccc(Cl)s1)c1cncnc1. The van der Waals surface area contributed by atoms with Gasteiger partial charge in [0.2, 0.25) is 0 Å². The smallest absolute Gasteiger partial charge is 0.115 e. The Balaban J connectivity index is 2.13. The molecule has 2 aromatic rings. The Bertz CT molecular complexity index is 458. The predicted molar refractivity (Wildman–Crippen MR) is 71.5 cm³/mol. The van der Waals surface area contributed by atoms with Crippen LogP contribution in [0.15, 0.2) is 30.9 Å². The van der Waals surface area contributed by atoms with Gasteiger partial charge in [-0.15, -0.1) is 11.3 Å². The summed E-state index contributed by atoms with van der Waals surface area (Å²) in [5.41, 5.74) is 1.11. The molecule has 2 aromatic heterocycles. The van der Waals surface area contributed by atoms with Gasteiger partial charge in [0.15, 0.2) is 0 Å². The van der Waals surface area contributed by atoms with Crippen molar-refractivity contribution in [3.63, 3.8) is 0 Å². The van der Waals surface area contributed by atoms with Crippen molar-refractivity contribution in [1.29, 1.82) is 0 Å². The summed E-state index contributed by atoms with van der Waals surface area (Å²) in [4.78, 5) is 9.39. The number of nitrogens with zero attached hydrogens (tertiary/aromatic N) is 2. The van der Waals surface area contributed by atoms with E-state index in [-0.39, 0.29) is 6.04 Å². The van der Waals surface area contributed by atoms with E-state index >= 15 is 0 Å². The van der Waals surface area contributed by atoms with Crippen LogP contribution in [0, 0.1) is 0 Å². The highest BCUT2D eigenvalue weighted by molar-refractivity contribution is 7.16. The molecule has 0 aliphatic heterocycles. The second kappa shape index (κ2) is 6.10. The first kappa shape index (κ1) is 12.5. The second-order valence-corrected chi connectivity index (χ2v) is 5.49. The van der Waals surface area contributed by atoms with Crippen LogP contribution < -0.4 is 5.32 Å². The van der Waals surface area contributed by atoms with Crippen molar-refractivity contribution >= 4 is 22.9 Å². The van der Waals surface area contributed by atoms with Gasteiger partial charge in [-0.05, 0) is 18.7 Å². The average molecular weight is 268 g/mol. The standard InChI is InChI=1S/C12H14ClN3S/c1-2-16-11(9-6-14-8-15-7-9)5-10-3-4-12(13)17-10/h3-4,6-8,11,16H,2,5H2,1H3. The summed E-state index contributed by atoms with van der Waals surface area (Å²) in [5.74, 6) is 0. The van der Waals surface area contributed by atoms with Gasteiger partial charge < -0.3 is 5.32 Å². The van der Waals surface area contributed by atoms with Crippen LogP contribution in [0.25, 0.3) is 0 Å². The van der Waals surface area contributed by atoms with Crippen LogP contribution in [0.4, 0.5) is 0 Å². The summed E-state index contributed by atoms with van der Waals surface area (Å²) in [7, 11) is 0. The second-order valence-electron chi connectivity index (χ2n) is 3.69. The van der Waals surface area contributed by atoms with Gasteiger partial charge in [-0.3, -0.25) is 0 Å². The van der Waals surface area contributed by atoms with Gasteiger partial charge in [-0.1, -0.05) is 18.5 Å². The van der Waals surface area contributed by atoms with Crippen LogP contribution in [0.3, 0.4) is 0 Å². The molecule has 0 bridgehead atoms. The minimum Gasteiger partial charge on any atom is -0.310 e. The maximum absolute atomic E-state index is 5.94. The van der Waals surface area contributed by atoms with Gasteiger partial charge in [-0.2, -0.15) is 0 Å². The van der Waals surface area contributed by atoms with E-state index in [2.05, 4.69) is 28.3 Å². The molecule has 0 saturated heterocycles. The third-order valence-electron chi connectivity index (χ3n) is 2.47. The van der Waals surface area contributed by atoms with Gasteiger partial charge in [0.25, 0.3) is 0 Å². The lowest BCUT2D eigenvalue weighted by Gasteiger charge is -2.16. The van der Waals surface area contributed by atoms with E-state index in [1.165, 1.54) is 4.88 Å². The van der Waals surface area contributed by atoms with Crippen LogP contribution in [-0.2, 0) is 6.42 Å². The molecule has 0 aliphatic carbocycles. The lowest BCUT2D eigenvalue weighted by molar-refractivity contribution is 0.549. The van der Waals surface area contributed by atoms with Crippen molar-refractivity contribution in [3.05, 3.63) is 45.6 Å². The number of thiophene rings is 1. The van der Waals surface area contributed by atoms with E-state index < -0.39 is 0 Å². The first-order valence-corrected chi connectivity index (χ1v) is 6.71. The van der Waals surface area contributed by atoms with Crippen LogP contribution >= 0.6 is 22.9 Å². The Morgan fingerprint density at radius 3 is 2.71 bits per heavy atom. The molecule has 0 amide bonds. The summed E-state index contributed by atoms with van der Waals surface area (Å²) in [5, 5.41) is 3.44. The zero-order valence-corrected chi connectivity index (χ0v) is 11.1. The maximum atomic E-state index is 5.94. The Hall–Kier alpha value is -0.970. The zero-order chi connectivity index (χ0) is 12.1. The molecule has 0 aliphatic rings. The Labute approximate surface area is 110 Å². The fraction of sp³-hybridized carbons (Fsp3) is 0.333. The van der Waals surface area contributed by atoms with Gasteiger partial charge in [0.1, 0.15) is 6.33 Å². The number of hydrogen-bond donors (Lipinski definition) is 1. The van der Waals surface area contributed by atoms with Gasteiger partial charge >= 0.3 is 0 Å². The van der Waals surface area contributed by atoms with E-state index in [0.29, 0.717) is 0 Å².